The molecular weight excluding hydrogens is 212 g/mol. The van der Waals surface area contributed by atoms with Crippen molar-refractivity contribution in [3.63, 3.8) is 0 Å². The molecule has 0 amide bonds. The lowest BCUT2D eigenvalue weighted by Crippen LogP contribution is -2.36. The number of hydrogen-bond donors (Lipinski definition) is 1. The molecule has 0 saturated carbocycles. The fraction of sp³-hybridized carbons (Fsp3) is 0.500. The van der Waals surface area contributed by atoms with Gasteiger partial charge in [-0.2, -0.15) is 5.26 Å². The zero-order valence-corrected chi connectivity index (χ0v) is 10.4. The van der Waals surface area contributed by atoms with E-state index in [1.807, 2.05) is 19.9 Å². The van der Waals surface area contributed by atoms with Crippen LogP contribution < -0.4 is 10.1 Å². The molecule has 0 atom stereocenters. The van der Waals surface area contributed by atoms with E-state index < -0.39 is 5.54 Å². The highest BCUT2D eigenvalue weighted by Crippen LogP contribution is 2.25. The second-order valence-corrected chi connectivity index (χ2v) is 4.98. The number of fused-ring (bicyclic) bond motifs is 1. The topological polar surface area (TPSA) is 45.0 Å². The second kappa shape index (κ2) is 4.77. The number of nitriles is 1. The van der Waals surface area contributed by atoms with Crippen LogP contribution in [0.1, 0.15) is 31.4 Å². The fourth-order valence-corrected chi connectivity index (χ4v) is 1.89. The first kappa shape index (κ1) is 11.9. The van der Waals surface area contributed by atoms with Gasteiger partial charge in [0.05, 0.1) is 12.7 Å². The standard InChI is InChI=1S/C14H18N2O/c1-14(2,10-15)16-9-11-5-6-13-12(8-11)4-3-7-17-13/h5-6,8,16H,3-4,7,9H2,1-2H3. The highest BCUT2D eigenvalue weighted by Gasteiger charge is 2.16. The SMILES string of the molecule is CC(C)(C#N)NCc1ccc2c(c1)CCCO2. The first-order chi connectivity index (χ1) is 8.11. The van der Waals surface area contributed by atoms with Crippen molar-refractivity contribution in [2.45, 2.75) is 38.8 Å². The molecule has 0 aromatic heterocycles. The van der Waals surface area contributed by atoms with Crippen LogP contribution in [-0.4, -0.2) is 12.1 Å². The van der Waals surface area contributed by atoms with Crippen molar-refractivity contribution >= 4 is 0 Å². The van der Waals surface area contributed by atoms with Crippen molar-refractivity contribution in [2.75, 3.05) is 6.61 Å². The van der Waals surface area contributed by atoms with Gasteiger partial charge in [-0.3, -0.25) is 5.32 Å². The van der Waals surface area contributed by atoms with E-state index >= 15 is 0 Å². The van der Waals surface area contributed by atoms with Crippen LogP contribution in [-0.2, 0) is 13.0 Å². The summed E-state index contributed by atoms with van der Waals surface area (Å²) in [7, 11) is 0. The van der Waals surface area contributed by atoms with E-state index in [9.17, 15) is 0 Å². The van der Waals surface area contributed by atoms with Crippen molar-refractivity contribution in [1.82, 2.24) is 5.32 Å². The molecule has 0 bridgehead atoms. The van der Waals surface area contributed by atoms with Crippen molar-refractivity contribution in [1.29, 1.82) is 5.26 Å². The molecule has 1 aromatic rings. The number of hydrogen-bond acceptors (Lipinski definition) is 3. The van der Waals surface area contributed by atoms with E-state index in [4.69, 9.17) is 10.00 Å². The second-order valence-electron chi connectivity index (χ2n) is 4.98. The maximum Gasteiger partial charge on any atom is 0.122 e. The molecule has 1 aliphatic heterocycles. The van der Waals surface area contributed by atoms with Crippen LogP contribution >= 0.6 is 0 Å². The molecule has 0 aliphatic carbocycles. The van der Waals surface area contributed by atoms with Gasteiger partial charge in [-0.15, -0.1) is 0 Å². The largest absolute Gasteiger partial charge is 0.493 e. The average molecular weight is 230 g/mol. The van der Waals surface area contributed by atoms with E-state index in [1.54, 1.807) is 0 Å². The molecule has 1 N–H and O–H groups in total. The quantitative estimate of drug-likeness (QED) is 0.867. The summed E-state index contributed by atoms with van der Waals surface area (Å²) < 4.78 is 5.57. The van der Waals surface area contributed by atoms with Gasteiger partial charge in [0.25, 0.3) is 0 Å². The molecule has 0 radical (unpaired) electrons. The number of rotatable bonds is 3. The molecule has 1 aliphatic rings. The number of nitrogens with one attached hydrogen (secondary N) is 1. The van der Waals surface area contributed by atoms with Crippen LogP contribution in [0.15, 0.2) is 18.2 Å². The van der Waals surface area contributed by atoms with Gasteiger partial charge in [-0.05, 0) is 43.9 Å². The van der Waals surface area contributed by atoms with Crippen LogP contribution in [0.5, 0.6) is 5.75 Å². The lowest BCUT2D eigenvalue weighted by Gasteiger charge is -2.20. The maximum absolute atomic E-state index is 8.93. The molecule has 90 valence electrons. The minimum absolute atomic E-state index is 0.480. The summed E-state index contributed by atoms with van der Waals surface area (Å²) in [5.41, 5.74) is 2.01. The van der Waals surface area contributed by atoms with Crippen molar-refractivity contribution in [3.8, 4) is 11.8 Å². The zero-order chi connectivity index (χ0) is 12.3. The third-order valence-corrected chi connectivity index (χ3v) is 2.99. The summed E-state index contributed by atoms with van der Waals surface area (Å²) in [6, 6.07) is 8.51. The summed E-state index contributed by atoms with van der Waals surface area (Å²) in [6.45, 7) is 5.31. The molecule has 0 spiro atoms. The fourth-order valence-electron chi connectivity index (χ4n) is 1.89. The molecule has 3 nitrogen and oxygen atoms in total. The predicted octanol–water partition coefficient (Wildman–Crippen LogP) is 2.40. The Kier molecular flexibility index (Phi) is 3.35. The Morgan fingerprint density at radius 1 is 1.47 bits per heavy atom. The van der Waals surface area contributed by atoms with Crippen LogP contribution in [0.25, 0.3) is 0 Å². The van der Waals surface area contributed by atoms with E-state index in [0.29, 0.717) is 6.54 Å². The summed E-state index contributed by atoms with van der Waals surface area (Å²) >= 11 is 0. The van der Waals surface area contributed by atoms with Gasteiger partial charge in [0, 0.05) is 6.54 Å². The Hall–Kier alpha value is -1.53. The monoisotopic (exact) mass is 230 g/mol. The van der Waals surface area contributed by atoms with E-state index in [2.05, 4.69) is 23.5 Å². The predicted molar refractivity (Wildman–Crippen MR) is 66.8 cm³/mol. The highest BCUT2D eigenvalue weighted by molar-refractivity contribution is 5.38. The lowest BCUT2D eigenvalue weighted by atomic mass is 10.0. The van der Waals surface area contributed by atoms with Gasteiger partial charge in [-0.1, -0.05) is 12.1 Å². The minimum atomic E-state index is -0.480. The van der Waals surface area contributed by atoms with E-state index in [-0.39, 0.29) is 0 Å². The van der Waals surface area contributed by atoms with Crippen LogP contribution in [0, 0.1) is 11.3 Å². The molecule has 0 saturated heterocycles. The molecule has 0 unspecified atom stereocenters. The van der Waals surface area contributed by atoms with Crippen LogP contribution in [0.3, 0.4) is 0 Å². The average Bonchev–Trinajstić information content (AvgIpc) is 2.36. The van der Waals surface area contributed by atoms with Gasteiger partial charge < -0.3 is 4.74 Å². The number of aryl methyl sites for hydroxylation is 1. The van der Waals surface area contributed by atoms with Crippen molar-refractivity contribution in [3.05, 3.63) is 29.3 Å². The Labute approximate surface area is 102 Å². The van der Waals surface area contributed by atoms with Crippen LogP contribution in [0.2, 0.25) is 0 Å². The number of ether oxygens (including phenoxy) is 1. The Morgan fingerprint density at radius 2 is 2.29 bits per heavy atom. The van der Waals surface area contributed by atoms with Gasteiger partial charge in [0.2, 0.25) is 0 Å². The molecule has 2 rings (SSSR count). The molecule has 0 fully saturated rings. The normalized spacial score (nSPS) is 14.6. The van der Waals surface area contributed by atoms with E-state index in [1.165, 1.54) is 11.1 Å². The smallest absolute Gasteiger partial charge is 0.122 e. The van der Waals surface area contributed by atoms with E-state index in [0.717, 1.165) is 25.2 Å². The Morgan fingerprint density at radius 3 is 3.06 bits per heavy atom. The molecule has 17 heavy (non-hydrogen) atoms. The Balaban J connectivity index is 2.05. The minimum Gasteiger partial charge on any atom is -0.493 e. The molecule has 1 heterocycles. The summed E-state index contributed by atoms with van der Waals surface area (Å²) in [5, 5.41) is 12.2. The van der Waals surface area contributed by atoms with Gasteiger partial charge in [-0.25, -0.2) is 0 Å². The molecule has 1 aromatic carbocycles. The van der Waals surface area contributed by atoms with Crippen molar-refractivity contribution < 1.29 is 4.74 Å². The zero-order valence-electron chi connectivity index (χ0n) is 10.4. The summed E-state index contributed by atoms with van der Waals surface area (Å²) in [4.78, 5) is 0. The van der Waals surface area contributed by atoms with Crippen LogP contribution in [0.4, 0.5) is 0 Å². The first-order valence-corrected chi connectivity index (χ1v) is 6.02. The lowest BCUT2D eigenvalue weighted by molar-refractivity contribution is 0.288. The molecule has 3 heteroatoms. The van der Waals surface area contributed by atoms with Gasteiger partial charge >= 0.3 is 0 Å². The third-order valence-electron chi connectivity index (χ3n) is 2.99. The van der Waals surface area contributed by atoms with Gasteiger partial charge in [0.15, 0.2) is 0 Å². The number of benzene rings is 1. The number of nitrogens with zero attached hydrogens (tertiary/aromatic N) is 1. The van der Waals surface area contributed by atoms with Gasteiger partial charge in [0.1, 0.15) is 11.3 Å². The van der Waals surface area contributed by atoms with Crippen molar-refractivity contribution in [2.24, 2.45) is 0 Å². The summed E-state index contributed by atoms with van der Waals surface area (Å²) in [6.07, 6.45) is 2.18. The first-order valence-electron chi connectivity index (χ1n) is 6.02. The highest BCUT2D eigenvalue weighted by atomic mass is 16.5. The maximum atomic E-state index is 8.93. The summed E-state index contributed by atoms with van der Waals surface area (Å²) in [5.74, 6) is 1.01. The molecular formula is C14H18N2O. The Bertz CT molecular complexity index is 446. The third kappa shape index (κ3) is 2.98.